The molecule has 0 radical (unpaired) electrons. The van der Waals surface area contributed by atoms with Crippen molar-refractivity contribution in [1.82, 2.24) is 15.0 Å². The lowest BCUT2D eigenvalue weighted by Crippen LogP contribution is -2.28. The zero-order chi connectivity index (χ0) is 36.6. The van der Waals surface area contributed by atoms with Gasteiger partial charge >= 0.3 is 0 Å². The Balaban J connectivity index is 1.22. The molecule has 9 aromatic rings. The Labute approximate surface area is 321 Å². The first-order valence-electron chi connectivity index (χ1n) is 18.7. The number of hydrogen-bond acceptors (Lipinski definition) is 3. The predicted octanol–water partition coefficient (Wildman–Crippen LogP) is 12.6. The third kappa shape index (κ3) is 5.65. The molecule has 1 heterocycles. The number of aromatic nitrogens is 3. The minimum atomic E-state index is -0.531. The van der Waals surface area contributed by atoms with Crippen molar-refractivity contribution in [3.63, 3.8) is 0 Å². The average molecular weight is 702 g/mol. The van der Waals surface area contributed by atoms with Crippen LogP contribution in [0.5, 0.6) is 0 Å². The molecule has 10 rings (SSSR count). The Morgan fingerprint density at radius 3 is 1.20 bits per heavy atom. The summed E-state index contributed by atoms with van der Waals surface area (Å²) in [6.07, 6.45) is 0. The highest BCUT2D eigenvalue weighted by atomic mass is 15.0. The van der Waals surface area contributed by atoms with E-state index in [1.54, 1.807) is 0 Å². The molecule has 0 atom stereocenters. The van der Waals surface area contributed by atoms with Crippen LogP contribution in [0.2, 0.25) is 0 Å². The lowest BCUT2D eigenvalue weighted by Gasteiger charge is -2.34. The Bertz CT molecular complexity index is 2690. The highest BCUT2D eigenvalue weighted by Gasteiger charge is 2.46. The summed E-state index contributed by atoms with van der Waals surface area (Å²) in [5.41, 5.74) is 14.1. The van der Waals surface area contributed by atoms with Crippen LogP contribution in [0, 0.1) is 0 Å². The highest BCUT2D eigenvalue weighted by molar-refractivity contribution is 5.88. The van der Waals surface area contributed by atoms with Crippen LogP contribution in [-0.4, -0.2) is 15.0 Å². The van der Waals surface area contributed by atoms with E-state index < -0.39 is 5.41 Å². The minimum Gasteiger partial charge on any atom is -0.208 e. The van der Waals surface area contributed by atoms with Gasteiger partial charge in [0.15, 0.2) is 17.5 Å². The summed E-state index contributed by atoms with van der Waals surface area (Å²) >= 11 is 0. The van der Waals surface area contributed by atoms with Gasteiger partial charge in [0.1, 0.15) is 0 Å². The minimum absolute atomic E-state index is 0.531. The fourth-order valence-corrected chi connectivity index (χ4v) is 8.29. The second kappa shape index (κ2) is 13.6. The molecule has 0 fully saturated rings. The maximum absolute atomic E-state index is 5.31. The molecule has 0 spiro atoms. The lowest BCUT2D eigenvalue weighted by molar-refractivity contribution is 0.768. The average Bonchev–Trinajstić information content (AvgIpc) is 3.58. The topological polar surface area (TPSA) is 38.7 Å². The molecule has 0 N–H and O–H groups in total. The molecule has 1 aliphatic carbocycles. The van der Waals surface area contributed by atoms with Crippen molar-refractivity contribution in [2.45, 2.75) is 5.41 Å². The van der Waals surface area contributed by atoms with Gasteiger partial charge in [-0.3, -0.25) is 0 Å². The van der Waals surface area contributed by atoms with Gasteiger partial charge in [-0.15, -0.1) is 0 Å². The van der Waals surface area contributed by atoms with E-state index in [9.17, 15) is 0 Å². The fourth-order valence-electron chi connectivity index (χ4n) is 8.29. The molecule has 1 aromatic heterocycles. The first-order chi connectivity index (χ1) is 27.3. The maximum Gasteiger partial charge on any atom is 0.164 e. The van der Waals surface area contributed by atoms with E-state index in [4.69, 9.17) is 15.0 Å². The van der Waals surface area contributed by atoms with E-state index in [1.165, 1.54) is 33.4 Å². The molecule has 1 aliphatic rings. The fraction of sp³-hybridized carbons (Fsp3) is 0.0192. The van der Waals surface area contributed by atoms with Crippen molar-refractivity contribution >= 4 is 0 Å². The molecule has 3 heteroatoms. The first kappa shape index (κ1) is 32.4. The zero-order valence-corrected chi connectivity index (χ0v) is 30.0. The van der Waals surface area contributed by atoms with Crippen molar-refractivity contribution in [2.24, 2.45) is 0 Å². The summed E-state index contributed by atoms with van der Waals surface area (Å²) in [7, 11) is 0. The van der Waals surface area contributed by atoms with Gasteiger partial charge in [-0.25, -0.2) is 15.0 Å². The number of fused-ring (bicyclic) bond motifs is 3. The van der Waals surface area contributed by atoms with E-state index in [0.717, 1.165) is 38.9 Å². The number of hydrogen-bond donors (Lipinski definition) is 0. The van der Waals surface area contributed by atoms with Gasteiger partial charge in [0.05, 0.1) is 5.41 Å². The second-order valence-electron chi connectivity index (χ2n) is 14.0. The van der Waals surface area contributed by atoms with Crippen LogP contribution in [0.4, 0.5) is 0 Å². The normalized spacial score (nSPS) is 12.5. The number of nitrogens with zero attached hydrogens (tertiary/aromatic N) is 3. The quantitative estimate of drug-likeness (QED) is 0.166. The van der Waals surface area contributed by atoms with Crippen LogP contribution >= 0.6 is 0 Å². The molecule has 8 aromatic carbocycles. The van der Waals surface area contributed by atoms with Gasteiger partial charge in [0, 0.05) is 16.7 Å². The van der Waals surface area contributed by atoms with Crippen molar-refractivity contribution in [2.75, 3.05) is 0 Å². The van der Waals surface area contributed by atoms with Crippen LogP contribution < -0.4 is 0 Å². The summed E-state index contributed by atoms with van der Waals surface area (Å²) in [6, 6.07) is 75.2. The van der Waals surface area contributed by atoms with Gasteiger partial charge in [0.2, 0.25) is 0 Å². The molecule has 258 valence electrons. The van der Waals surface area contributed by atoms with Crippen LogP contribution in [0.3, 0.4) is 0 Å². The van der Waals surface area contributed by atoms with Crippen molar-refractivity contribution in [3.8, 4) is 67.5 Å². The second-order valence-corrected chi connectivity index (χ2v) is 14.0. The standard InChI is InChI=1S/C52H35N3/c1-6-18-36(19-7-1)40-32-41(37-20-8-2-9-21-37)34-42(33-40)51-54-49(38-22-10-3-11-23-38)53-50(55-51)39-30-31-46-45-28-16-17-29-47(45)52(48(46)35-39,43-24-12-4-13-25-43)44-26-14-5-15-27-44/h1-35H. The number of benzene rings is 8. The van der Waals surface area contributed by atoms with Gasteiger partial charge in [-0.2, -0.15) is 0 Å². The molecular weight excluding hydrogens is 667 g/mol. The summed E-state index contributed by atoms with van der Waals surface area (Å²) in [5, 5.41) is 0. The van der Waals surface area contributed by atoms with Crippen molar-refractivity contribution in [1.29, 1.82) is 0 Å². The third-order valence-electron chi connectivity index (χ3n) is 10.8. The summed E-state index contributed by atoms with van der Waals surface area (Å²) in [6.45, 7) is 0. The molecule has 3 nitrogen and oxygen atoms in total. The van der Waals surface area contributed by atoms with Crippen LogP contribution in [-0.2, 0) is 5.41 Å². The predicted molar refractivity (Wildman–Crippen MR) is 224 cm³/mol. The Morgan fingerprint density at radius 2 is 0.655 bits per heavy atom. The Morgan fingerprint density at radius 1 is 0.255 bits per heavy atom. The molecule has 0 saturated carbocycles. The van der Waals surface area contributed by atoms with Gasteiger partial charge in [-0.1, -0.05) is 188 Å². The van der Waals surface area contributed by atoms with Crippen molar-refractivity contribution < 1.29 is 0 Å². The smallest absolute Gasteiger partial charge is 0.164 e. The first-order valence-corrected chi connectivity index (χ1v) is 18.7. The molecule has 0 bridgehead atoms. The van der Waals surface area contributed by atoms with Gasteiger partial charge < -0.3 is 0 Å². The van der Waals surface area contributed by atoms with E-state index >= 15 is 0 Å². The monoisotopic (exact) mass is 701 g/mol. The summed E-state index contributed by atoms with van der Waals surface area (Å²) < 4.78 is 0. The van der Waals surface area contributed by atoms with Gasteiger partial charge in [0.25, 0.3) is 0 Å². The maximum atomic E-state index is 5.31. The molecule has 0 unspecified atom stereocenters. The molecule has 0 saturated heterocycles. The third-order valence-corrected chi connectivity index (χ3v) is 10.8. The Kier molecular flexibility index (Phi) is 8.04. The van der Waals surface area contributed by atoms with E-state index in [2.05, 4.69) is 194 Å². The molecule has 55 heavy (non-hydrogen) atoms. The summed E-state index contributed by atoms with van der Waals surface area (Å²) in [5.74, 6) is 1.89. The Hall–Kier alpha value is -7.23. The number of rotatable bonds is 7. The SMILES string of the molecule is c1ccc(-c2cc(-c3ccccc3)cc(-c3nc(-c4ccccc4)nc(-c4ccc5c(c4)C(c4ccccc4)(c4ccccc4)c4ccccc4-5)n3)c2)cc1. The van der Waals surface area contributed by atoms with Crippen LogP contribution in [0.25, 0.3) is 67.5 Å². The molecule has 0 aliphatic heterocycles. The highest BCUT2D eigenvalue weighted by Crippen LogP contribution is 2.56. The van der Waals surface area contributed by atoms with Crippen LogP contribution in [0.1, 0.15) is 22.3 Å². The summed E-state index contributed by atoms with van der Waals surface area (Å²) in [4.78, 5) is 15.7. The largest absolute Gasteiger partial charge is 0.208 e. The van der Waals surface area contributed by atoms with Crippen molar-refractivity contribution in [3.05, 3.63) is 235 Å². The lowest BCUT2D eigenvalue weighted by atomic mass is 9.67. The van der Waals surface area contributed by atoms with E-state index in [-0.39, 0.29) is 0 Å². The molecular formula is C52H35N3. The van der Waals surface area contributed by atoms with Gasteiger partial charge in [-0.05, 0) is 79.9 Å². The van der Waals surface area contributed by atoms with E-state index in [1.807, 2.05) is 18.2 Å². The molecule has 0 amide bonds. The zero-order valence-electron chi connectivity index (χ0n) is 30.0. The van der Waals surface area contributed by atoms with E-state index in [0.29, 0.717) is 17.5 Å². The van der Waals surface area contributed by atoms with Crippen LogP contribution in [0.15, 0.2) is 212 Å².